The third-order valence-corrected chi connectivity index (χ3v) is 3.55. The number of ether oxygens (including phenoxy) is 2. The Morgan fingerprint density at radius 3 is 2.33 bits per heavy atom. The summed E-state index contributed by atoms with van der Waals surface area (Å²) >= 11 is 6.20. The summed E-state index contributed by atoms with van der Waals surface area (Å²) < 4.78 is 10.9. The van der Waals surface area contributed by atoms with E-state index in [1.165, 1.54) is 19.2 Å². The van der Waals surface area contributed by atoms with Crippen LogP contribution >= 0.6 is 11.6 Å². The van der Waals surface area contributed by atoms with E-state index >= 15 is 0 Å². The van der Waals surface area contributed by atoms with E-state index in [9.17, 15) is 14.7 Å². The van der Waals surface area contributed by atoms with Gasteiger partial charge < -0.3 is 19.9 Å². The summed E-state index contributed by atoms with van der Waals surface area (Å²) in [4.78, 5) is 23.5. The van der Waals surface area contributed by atoms with E-state index in [0.717, 1.165) is 0 Å². The van der Waals surface area contributed by atoms with Crippen molar-refractivity contribution >= 4 is 23.5 Å². The van der Waals surface area contributed by atoms with E-state index in [2.05, 4.69) is 5.32 Å². The number of carbonyl (C=O) groups is 2. The van der Waals surface area contributed by atoms with Crippen LogP contribution in [0.2, 0.25) is 5.02 Å². The molecule has 7 heteroatoms. The molecule has 1 amide bonds. The number of amides is 1. The molecule has 0 aliphatic carbocycles. The average molecular weight is 358 g/mol. The number of carbonyl (C=O) groups excluding carboxylic acids is 1. The fourth-order valence-electron chi connectivity index (χ4n) is 1.98. The molecule has 0 saturated carbocycles. The first-order valence-electron chi connectivity index (χ1n) is 7.71. The van der Waals surface area contributed by atoms with Crippen molar-refractivity contribution in [3.63, 3.8) is 0 Å². The lowest BCUT2D eigenvalue weighted by atomic mass is 10.0. The van der Waals surface area contributed by atoms with Crippen molar-refractivity contribution in [2.45, 2.75) is 33.7 Å². The monoisotopic (exact) mass is 357 g/mol. The Hall–Kier alpha value is -1.95. The van der Waals surface area contributed by atoms with E-state index < -0.39 is 17.9 Å². The molecule has 1 rings (SSSR count). The van der Waals surface area contributed by atoms with Gasteiger partial charge in [0.1, 0.15) is 6.04 Å². The molecule has 134 valence electrons. The number of carboxylic acid groups (broad SMARTS) is 1. The summed E-state index contributed by atoms with van der Waals surface area (Å²) in [6, 6.07) is 1.93. The van der Waals surface area contributed by atoms with Gasteiger partial charge in [0.05, 0.1) is 18.7 Å². The van der Waals surface area contributed by atoms with Crippen LogP contribution in [-0.2, 0) is 4.79 Å². The van der Waals surface area contributed by atoms with Crippen LogP contribution in [0.5, 0.6) is 11.5 Å². The highest BCUT2D eigenvalue weighted by Crippen LogP contribution is 2.36. The number of benzene rings is 1. The van der Waals surface area contributed by atoms with Crippen molar-refractivity contribution in [2.75, 3.05) is 13.7 Å². The topological polar surface area (TPSA) is 84.9 Å². The number of carboxylic acids is 1. The number of rotatable bonds is 8. The molecule has 24 heavy (non-hydrogen) atoms. The predicted octanol–water partition coefficient (Wildman–Crippen LogP) is 3.22. The number of methoxy groups -OCH3 is 1. The average Bonchev–Trinajstić information content (AvgIpc) is 2.49. The summed E-state index contributed by atoms with van der Waals surface area (Å²) in [6.07, 6.45) is 0. The first kappa shape index (κ1) is 20.1. The maximum absolute atomic E-state index is 12.3. The summed E-state index contributed by atoms with van der Waals surface area (Å²) in [5.74, 6) is -0.888. The fourth-order valence-corrected chi connectivity index (χ4v) is 2.24. The number of hydrogen-bond donors (Lipinski definition) is 2. The highest BCUT2D eigenvalue weighted by Gasteiger charge is 2.25. The lowest BCUT2D eigenvalue weighted by Crippen LogP contribution is -2.44. The first-order valence-corrected chi connectivity index (χ1v) is 8.09. The zero-order chi connectivity index (χ0) is 18.4. The molecule has 6 nitrogen and oxygen atoms in total. The van der Waals surface area contributed by atoms with Crippen molar-refractivity contribution in [3.8, 4) is 11.5 Å². The number of nitrogens with one attached hydrogen (secondary N) is 1. The smallest absolute Gasteiger partial charge is 0.326 e. The lowest BCUT2D eigenvalue weighted by molar-refractivity contribution is -0.140. The Bertz CT molecular complexity index is 601. The Labute approximate surface area is 147 Å². The van der Waals surface area contributed by atoms with E-state index in [0.29, 0.717) is 24.0 Å². The second kappa shape index (κ2) is 8.78. The van der Waals surface area contributed by atoms with Gasteiger partial charge in [-0.2, -0.15) is 0 Å². The molecule has 0 bridgehead atoms. The predicted molar refractivity (Wildman–Crippen MR) is 92.1 cm³/mol. The summed E-state index contributed by atoms with van der Waals surface area (Å²) in [5, 5.41) is 11.9. The molecule has 0 fully saturated rings. The minimum Gasteiger partial charge on any atom is -0.493 e. The molecule has 0 aliphatic heterocycles. The molecule has 1 aromatic rings. The largest absolute Gasteiger partial charge is 0.493 e. The normalized spacial score (nSPS) is 12.2. The minimum atomic E-state index is -1.09. The highest BCUT2D eigenvalue weighted by molar-refractivity contribution is 6.32. The van der Waals surface area contributed by atoms with Gasteiger partial charge in [0.25, 0.3) is 5.91 Å². The summed E-state index contributed by atoms with van der Waals surface area (Å²) in [6.45, 7) is 7.89. The Kier molecular flexibility index (Phi) is 7.35. The van der Waals surface area contributed by atoms with Gasteiger partial charge in [-0.3, -0.25) is 4.79 Å². The second-order valence-corrected chi connectivity index (χ2v) is 6.63. The maximum atomic E-state index is 12.3. The van der Waals surface area contributed by atoms with Gasteiger partial charge >= 0.3 is 5.97 Å². The van der Waals surface area contributed by atoms with Gasteiger partial charge in [0.2, 0.25) is 0 Å². The molecule has 0 spiro atoms. The standard InChI is InChI=1S/C17H24ClNO5/c1-9(2)8-24-15-12(18)6-11(7-13(15)23-5)16(20)19-14(10(3)4)17(21)22/h6-7,9-10,14H,8H2,1-5H3,(H,19,20)(H,21,22)/t14-/m1/s1. The SMILES string of the molecule is COc1cc(C(=O)N[C@@H](C(=O)O)C(C)C)cc(Cl)c1OCC(C)C. The highest BCUT2D eigenvalue weighted by atomic mass is 35.5. The quantitative estimate of drug-likeness (QED) is 0.746. The molecular weight excluding hydrogens is 334 g/mol. The molecule has 0 saturated heterocycles. The van der Waals surface area contributed by atoms with Gasteiger partial charge in [-0.25, -0.2) is 4.79 Å². The van der Waals surface area contributed by atoms with Crippen LogP contribution in [0, 0.1) is 11.8 Å². The first-order chi connectivity index (χ1) is 11.2. The zero-order valence-corrected chi connectivity index (χ0v) is 15.3. The second-order valence-electron chi connectivity index (χ2n) is 6.23. The molecule has 2 N–H and O–H groups in total. The van der Waals surface area contributed by atoms with Gasteiger partial charge in [-0.15, -0.1) is 0 Å². The summed E-state index contributed by atoms with van der Waals surface area (Å²) in [7, 11) is 1.45. The number of halogens is 1. The Morgan fingerprint density at radius 2 is 1.88 bits per heavy atom. The maximum Gasteiger partial charge on any atom is 0.326 e. The fraction of sp³-hybridized carbons (Fsp3) is 0.529. The molecule has 1 aromatic carbocycles. The number of hydrogen-bond acceptors (Lipinski definition) is 4. The van der Waals surface area contributed by atoms with Gasteiger partial charge in [0.15, 0.2) is 11.5 Å². The van der Waals surface area contributed by atoms with E-state index in [1.807, 2.05) is 13.8 Å². The minimum absolute atomic E-state index is 0.209. The van der Waals surface area contributed by atoms with Gasteiger partial charge in [-0.1, -0.05) is 39.3 Å². The lowest BCUT2D eigenvalue weighted by Gasteiger charge is -2.19. The van der Waals surface area contributed by atoms with Crippen molar-refractivity contribution in [1.29, 1.82) is 0 Å². The van der Waals surface area contributed by atoms with Crippen LogP contribution in [0.3, 0.4) is 0 Å². The van der Waals surface area contributed by atoms with Gasteiger partial charge in [0, 0.05) is 5.56 Å². The van der Waals surface area contributed by atoms with Crippen LogP contribution in [0.1, 0.15) is 38.1 Å². The van der Waals surface area contributed by atoms with Crippen molar-refractivity contribution in [1.82, 2.24) is 5.32 Å². The molecule has 0 aromatic heterocycles. The van der Waals surface area contributed by atoms with E-state index in [-0.39, 0.29) is 16.5 Å². The van der Waals surface area contributed by atoms with Crippen LogP contribution < -0.4 is 14.8 Å². The molecule has 0 radical (unpaired) electrons. The number of aliphatic carboxylic acids is 1. The molecule has 0 unspecified atom stereocenters. The van der Waals surface area contributed by atoms with Gasteiger partial charge in [-0.05, 0) is 24.0 Å². The zero-order valence-electron chi connectivity index (χ0n) is 14.6. The molecule has 0 aliphatic rings. The van der Waals surface area contributed by atoms with Crippen LogP contribution in [0.25, 0.3) is 0 Å². The molecule has 0 heterocycles. The summed E-state index contributed by atoms with van der Waals surface area (Å²) in [5.41, 5.74) is 0.209. The van der Waals surface area contributed by atoms with E-state index in [1.54, 1.807) is 13.8 Å². The Morgan fingerprint density at radius 1 is 1.25 bits per heavy atom. The van der Waals surface area contributed by atoms with Crippen LogP contribution in [0.15, 0.2) is 12.1 Å². The third-order valence-electron chi connectivity index (χ3n) is 3.27. The van der Waals surface area contributed by atoms with E-state index in [4.69, 9.17) is 21.1 Å². The van der Waals surface area contributed by atoms with Crippen molar-refractivity contribution in [3.05, 3.63) is 22.7 Å². The third kappa shape index (κ3) is 5.30. The van der Waals surface area contributed by atoms with Crippen molar-refractivity contribution in [2.24, 2.45) is 11.8 Å². The Balaban J connectivity index is 3.06. The van der Waals surface area contributed by atoms with Crippen LogP contribution in [0.4, 0.5) is 0 Å². The molecule has 1 atom stereocenters. The molecular formula is C17H24ClNO5. The van der Waals surface area contributed by atoms with Crippen LogP contribution in [-0.4, -0.2) is 36.7 Å². The van der Waals surface area contributed by atoms with Crippen molar-refractivity contribution < 1.29 is 24.2 Å².